The second-order valence-corrected chi connectivity index (χ2v) is 4.76. The molecule has 0 amide bonds. The molecule has 0 unspecified atom stereocenters. The normalized spacial score (nSPS) is 15.9. The average Bonchev–Trinajstić information content (AvgIpc) is 2.81. The van der Waals surface area contributed by atoms with E-state index in [-0.39, 0.29) is 0 Å². The predicted octanol–water partition coefficient (Wildman–Crippen LogP) is 2.20. The minimum atomic E-state index is 0.540. The van der Waals surface area contributed by atoms with E-state index in [0.717, 1.165) is 24.0 Å². The number of aromatic nitrogens is 2. The Kier molecular flexibility index (Phi) is 4.75. The van der Waals surface area contributed by atoms with Gasteiger partial charge in [0.2, 0.25) is 5.95 Å². The highest BCUT2D eigenvalue weighted by molar-refractivity contribution is 5.42. The molecule has 1 saturated carbocycles. The van der Waals surface area contributed by atoms with Crippen molar-refractivity contribution in [2.24, 2.45) is 0 Å². The molecule has 0 aliphatic heterocycles. The zero-order valence-corrected chi connectivity index (χ0v) is 11.2. The Bertz CT molecular complexity index is 377. The number of hydrogen-bond donors (Lipinski definition) is 2. The first-order valence-electron chi connectivity index (χ1n) is 6.63. The Labute approximate surface area is 108 Å². The van der Waals surface area contributed by atoms with E-state index in [4.69, 9.17) is 4.74 Å². The van der Waals surface area contributed by atoms with Crippen LogP contribution in [0.1, 0.15) is 31.4 Å². The van der Waals surface area contributed by atoms with Gasteiger partial charge in [-0.3, -0.25) is 0 Å². The van der Waals surface area contributed by atoms with Gasteiger partial charge in [-0.15, -0.1) is 0 Å². The summed E-state index contributed by atoms with van der Waals surface area (Å²) in [5.41, 5.74) is 0.977. The molecule has 0 radical (unpaired) electrons. The molecule has 1 fully saturated rings. The van der Waals surface area contributed by atoms with Crippen LogP contribution in [0.15, 0.2) is 6.07 Å². The first-order valence-corrected chi connectivity index (χ1v) is 6.63. The van der Waals surface area contributed by atoms with E-state index < -0.39 is 0 Å². The van der Waals surface area contributed by atoms with E-state index in [1.165, 1.54) is 25.7 Å². The van der Waals surface area contributed by atoms with Gasteiger partial charge in [-0.05, 0) is 19.8 Å². The Morgan fingerprint density at radius 2 is 2.11 bits per heavy atom. The topological polar surface area (TPSA) is 59.1 Å². The molecule has 0 spiro atoms. The van der Waals surface area contributed by atoms with Crippen molar-refractivity contribution in [2.75, 3.05) is 30.9 Å². The number of anilines is 2. The fraction of sp³-hybridized carbons (Fsp3) is 0.692. The van der Waals surface area contributed by atoms with Crippen molar-refractivity contribution in [3.63, 3.8) is 0 Å². The summed E-state index contributed by atoms with van der Waals surface area (Å²) in [6.45, 7) is 3.42. The Balaban J connectivity index is 1.96. The quantitative estimate of drug-likeness (QED) is 0.758. The minimum Gasteiger partial charge on any atom is -0.383 e. The molecule has 1 aliphatic rings. The SMILES string of the molecule is COCCNc1cc(C)nc(NC2CCCC2)n1. The lowest BCUT2D eigenvalue weighted by molar-refractivity contribution is 0.210. The van der Waals surface area contributed by atoms with Gasteiger partial charge >= 0.3 is 0 Å². The lowest BCUT2D eigenvalue weighted by Gasteiger charge is -2.13. The third kappa shape index (κ3) is 3.84. The average molecular weight is 250 g/mol. The van der Waals surface area contributed by atoms with Gasteiger partial charge in [-0.25, -0.2) is 4.98 Å². The van der Waals surface area contributed by atoms with Gasteiger partial charge in [0, 0.05) is 31.5 Å². The van der Waals surface area contributed by atoms with Crippen LogP contribution in [0.3, 0.4) is 0 Å². The lowest BCUT2D eigenvalue weighted by atomic mass is 10.2. The number of nitrogens with one attached hydrogen (secondary N) is 2. The van der Waals surface area contributed by atoms with Gasteiger partial charge < -0.3 is 15.4 Å². The van der Waals surface area contributed by atoms with Crippen molar-refractivity contribution < 1.29 is 4.74 Å². The van der Waals surface area contributed by atoms with Crippen LogP contribution in [0.5, 0.6) is 0 Å². The maximum atomic E-state index is 5.01. The van der Waals surface area contributed by atoms with Gasteiger partial charge in [0.15, 0.2) is 0 Å². The number of hydrogen-bond acceptors (Lipinski definition) is 5. The van der Waals surface area contributed by atoms with Crippen molar-refractivity contribution in [2.45, 2.75) is 38.6 Å². The number of methoxy groups -OCH3 is 1. The molecule has 5 nitrogen and oxygen atoms in total. The molecule has 1 aromatic rings. The van der Waals surface area contributed by atoms with E-state index in [0.29, 0.717) is 12.6 Å². The molecule has 2 N–H and O–H groups in total. The summed E-state index contributed by atoms with van der Waals surface area (Å²) in [5.74, 6) is 1.60. The molecule has 0 bridgehead atoms. The number of aryl methyl sites for hydroxylation is 1. The van der Waals surface area contributed by atoms with Crippen molar-refractivity contribution >= 4 is 11.8 Å². The van der Waals surface area contributed by atoms with Crippen molar-refractivity contribution in [1.29, 1.82) is 0 Å². The Hall–Kier alpha value is -1.36. The summed E-state index contributed by atoms with van der Waals surface area (Å²) in [6.07, 6.45) is 5.07. The highest BCUT2D eigenvalue weighted by Crippen LogP contribution is 2.21. The van der Waals surface area contributed by atoms with E-state index >= 15 is 0 Å². The largest absolute Gasteiger partial charge is 0.383 e. The van der Waals surface area contributed by atoms with Crippen molar-refractivity contribution in [3.05, 3.63) is 11.8 Å². The summed E-state index contributed by atoms with van der Waals surface area (Å²) < 4.78 is 5.01. The van der Waals surface area contributed by atoms with Gasteiger partial charge in [0.05, 0.1) is 6.61 Å². The van der Waals surface area contributed by atoms with Crippen LogP contribution < -0.4 is 10.6 Å². The summed E-state index contributed by atoms with van der Waals surface area (Å²) in [7, 11) is 1.69. The molecule has 1 aromatic heterocycles. The maximum Gasteiger partial charge on any atom is 0.225 e. The van der Waals surface area contributed by atoms with E-state index in [1.54, 1.807) is 7.11 Å². The van der Waals surface area contributed by atoms with Crippen LogP contribution in [0.4, 0.5) is 11.8 Å². The van der Waals surface area contributed by atoms with Crippen LogP contribution in [0.2, 0.25) is 0 Å². The smallest absolute Gasteiger partial charge is 0.225 e. The number of nitrogens with zero attached hydrogens (tertiary/aromatic N) is 2. The lowest BCUT2D eigenvalue weighted by Crippen LogP contribution is -2.18. The predicted molar refractivity (Wildman–Crippen MR) is 73.0 cm³/mol. The molecule has 0 atom stereocenters. The standard InChI is InChI=1S/C13H22N4O/c1-10-9-12(14-7-8-18-2)17-13(15-10)16-11-5-3-4-6-11/h9,11H,3-8H2,1-2H3,(H2,14,15,16,17). The molecular formula is C13H22N4O. The zero-order valence-electron chi connectivity index (χ0n) is 11.2. The van der Waals surface area contributed by atoms with Crippen molar-refractivity contribution in [1.82, 2.24) is 9.97 Å². The van der Waals surface area contributed by atoms with Gasteiger partial charge in [0.1, 0.15) is 5.82 Å². The second kappa shape index (κ2) is 6.54. The Morgan fingerprint density at radius 1 is 1.33 bits per heavy atom. The number of rotatable bonds is 6. The Morgan fingerprint density at radius 3 is 2.83 bits per heavy atom. The van der Waals surface area contributed by atoms with Gasteiger partial charge in [-0.1, -0.05) is 12.8 Å². The highest BCUT2D eigenvalue weighted by atomic mass is 16.5. The first kappa shape index (κ1) is 13.1. The molecule has 0 saturated heterocycles. The third-order valence-corrected chi connectivity index (χ3v) is 3.15. The van der Waals surface area contributed by atoms with Crippen LogP contribution in [-0.4, -0.2) is 36.3 Å². The monoisotopic (exact) mass is 250 g/mol. The highest BCUT2D eigenvalue weighted by Gasteiger charge is 2.15. The van der Waals surface area contributed by atoms with Crippen LogP contribution in [0.25, 0.3) is 0 Å². The number of ether oxygens (including phenoxy) is 1. The van der Waals surface area contributed by atoms with Crippen LogP contribution in [-0.2, 0) is 4.74 Å². The summed E-state index contributed by atoms with van der Waals surface area (Å²) in [4.78, 5) is 8.91. The molecule has 18 heavy (non-hydrogen) atoms. The summed E-state index contributed by atoms with van der Waals surface area (Å²) >= 11 is 0. The molecule has 1 aliphatic carbocycles. The van der Waals surface area contributed by atoms with Crippen molar-refractivity contribution in [3.8, 4) is 0 Å². The van der Waals surface area contributed by atoms with E-state index in [2.05, 4.69) is 20.6 Å². The molecule has 1 heterocycles. The van der Waals surface area contributed by atoms with Crippen LogP contribution in [0, 0.1) is 6.92 Å². The molecule has 0 aromatic carbocycles. The minimum absolute atomic E-state index is 0.540. The van der Waals surface area contributed by atoms with E-state index in [1.807, 2.05) is 13.0 Å². The van der Waals surface area contributed by atoms with Crippen LogP contribution >= 0.6 is 0 Å². The molecule has 100 valence electrons. The van der Waals surface area contributed by atoms with Gasteiger partial charge in [-0.2, -0.15) is 4.98 Å². The maximum absolute atomic E-state index is 5.01. The first-order chi connectivity index (χ1) is 8.78. The summed E-state index contributed by atoms with van der Waals surface area (Å²) in [5, 5.41) is 6.65. The summed E-state index contributed by atoms with van der Waals surface area (Å²) in [6, 6.07) is 2.49. The molecular weight excluding hydrogens is 228 g/mol. The fourth-order valence-electron chi connectivity index (χ4n) is 2.26. The molecule has 2 rings (SSSR count). The fourth-order valence-corrected chi connectivity index (χ4v) is 2.26. The second-order valence-electron chi connectivity index (χ2n) is 4.76. The van der Waals surface area contributed by atoms with Gasteiger partial charge in [0.25, 0.3) is 0 Å². The molecule has 5 heteroatoms. The third-order valence-electron chi connectivity index (χ3n) is 3.15. The zero-order chi connectivity index (χ0) is 12.8. The van der Waals surface area contributed by atoms with E-state index in [9.17, 15) is 0 Å².